The molecule has 1 aromatic heterocycles. The maximum absolute atomic E-state index is 10.6. The summed E-state index contributed by atoms with van der Waals surface area (Å²) in [5.41, 5.74) is 0. The van der Waals surface area contributed by atoms with Crippen molar-refractivity contribution in [3.05, 3.63) is 17.9 Å². The van der Waals surface area contributed by atoms with Crippen molar-refractivity contribution in [2.75, 3.05) is 18.5 Å². The monoisotopic (exact) mass is 253 g/mol. The van der Waals surface area contributed by atoms with Gasteiger partial charge in [0.1, 0.15) is 0 Å². The van der Waals surface area contributed by atoms with E-state index in [1.165, 1.54) is 25.3 Å². The molecule has 1 aliphatic carbocycles. The smallest absolute Gasteiger partial charge is 0.371 e. The summed E-state index contributed by atoms with van der Waals surface area (Å²) < 4.78 is 10.8. The van der Waals surface area contributed by atoms with Crippen molar-refractivity contribution in [2.24, 2.45) is 0 Å². The molecule has 0 amide bonds. The Morgan fingerprint density at radius 1 is 1.39 bits per heavy atom. The lowest BCUT2D eigenvalue weighted by molar-refractivity contribution is 0.0346. The zero-order chi connectivity index (χ0) is 12.8. The van der Waals surface area contributed by atoms with Gasteiger partial charge in [-0.3, -0.25) is 0 Å². The Balaban J connectivity index is 1.63. The molecule has 0 atom stereocenters. The Morgan fingerprint density at radius 3 is 2.83 bits per heavy atom. The Bertz CT molecular complexity index is 382. The maximum Gasteiger partial charge on any atom is 0.371 e. The first-order valence-corrected chi connectivity index (χ1v) is 6.44. The number of hydrogen-bond acceptors (Lipinski definition) is 4. The van der Waals surface area contributed by atoms with Crippen LogP contribution in [0.1, 0.15) is 42.7 Å². The number of anilines is 1. The van der Waals surface area contributed by atoms with Gasteiger partial charge in [-0.2, -0.15) is 0 Å². The van der Waals surface area contributed by atoms with Crippen LogP contribution >= 0.6 is 0 Å². The van der Waals surface area contributed by atoms with Crippen LogP contribution in [0.2, 0.25) is 0 Å². The number of carbonyl (C=O) groups is 1. The van der Waals surface area contributed by atoms with Gasteiger partial charge >= 0.3 is 5.97 Å². The minimum absolute atomic E-state index is 0.0503. The van der Waals surface area contributed by atoms with Crippen LogP contribution in [0.5, 0.6) is 0 Å². The van der Waals surface area contributed by atoms with E-state index in [0.29, 0.717) is 25.1 Å². The lowest BCUT2D eigenvalue weighted by atomic mass is 9.98. The summed E-state index contributed by atoms with van der Waals surface area (Å²) in [6.07, 6.45) is 6.55. The van der Waals surface area contributed by atoms with E-state index in [-0.39, 0.29) is 5.76 Å². The summed E-state index contributed by atoms with van der Waals surface area (Å²) in [6, 6.07) is 3.05. The highest BCUT2D eigenvalue weighted by Gasteiger charge is 2.13. The summed E-state index contributed by atoms with van der Waals surface area (Å²) in [6.45, 7) is 1.25. The van der Waals surface area contributed by atoms with Crippen molar-refractivity contribution in [2.45, 2.75) is 38.2 Å². The molecule has 0 bridgehead atoms. The molecule has 2 rings (SSSR count). The molecule has 100 valence electrons. The molecular weight excluding hydrogens is 234 g/mol. The molecule has 1 fully saturated rings. The molecular formula is C13H19NO4. The molecule has 5 heteroatoms. The molecule has 18 heavy (non-hydrogen) atoms. The van der Waals surface area contributed by atoms with Gasteiger partial charge in [0.05, 0.1) is 12.7 Å². The molecule has 0 aromatic carbocycles. The molecule has 1 aliphatic rings. The minimum Gasteiger partial charge on any atom is -0.475 e. The van der Waals surface area contributed by atoms with E-state index in [1.807, 2.05) is 0 Å². The lowest BCUT2D eigenvalue weighted by Crippen LogP contribution is -2.20. The van der Waals surface area contributed by atoms with E-state index >= 15 is 0 Å². The average molecular weight is 253 g/mol. The normalized spacial score (nSPS) is 16.7. The summed E-state index contributed by atoms with van der Waals surface area (Å²) in [4.78, 5) is 10.6. The topological polar surface area (TPSA) is 71.7 Å². The number of carboxylic acid groups (broad SMARTS) is 1. The van der Waals surface area contributed by atoms with E-state index in [2.05, 4.69) is 5.32 Å². The highest BCUT2D eigenvalue weighted by molar-refractivity contribution is 5.84. The average Bonchev–Trinajstić information content (AvgIpc) is 2.85. The van der Waals surface area contributed by atoms with Crippen LogP contribution in [0.25, 0.3) is 0 Å². The van der Waals surface area contributed by atoms with Gasteiger partial charge in [0, 0.05) is 12.6 Å². The van der Waals surface area contributed by atoms with E-state index in [9.17, 15) is 4.79 Å². The summed E-state index contributed by atoms with van der Waals surface area (Å²) in [5.74, 6) is -0.633. The second-order valence-corrected chi connectivity index (χ2v) is 4.53. The van der Waals surface area contributed by atoms with Gasteiger partial charge in [-0.05, 0) is 18.9 Å². The van der Waals surface area contributed by atoms with E-state index in [1.54, 1.807) is 6.07 Å². The fraction of sp³-hybridized carbons (Fsp3) is 0.615. The number of hydrogen-bond donors (Lipinski definition) is 2. The summed E-state index contributed by atoms with van der Waals surface area (Å²) >= 11 is 0. The number of nitrogens with one attached hydrogen (secondary N) is 1. The molecule has 0 unspecified atom stereocenters. The van der Waals surface area contributed by atoms with Gasteiger partial charge in [0.2, 0.25) is 5.76 Å². The van der Waals surface area contributed by atoms with E-state index in [4.69, 9.17) is 14.3 Å². The SMILES string of the molecule is O=C(O)c1ccc(NCCOC2CCCCC2)o1. The van der Waals surface area contributed by atoms with Crippen molar-refractivity contribution in [3.8, 4) is 0 Å². The number of ether oxygens (including phenoxy) is 1. The Labute approximate surface area is 106 Å². The molecule has 1 aromatic rings. The molecule has 0 spiro atoms. The highest BCUT2D eigenvalue weighted by Crippen LogP contribution is 2.20. The standard InChI is InChI=1S/C13H19NO4/c15-13(16)11-6-7-12(18-11)14-8-9-17-10-4-2-1-3-5-10/h6-7,10,14H,1-5,8-9H2,(H,15,16). The third kappa shape index (κ3) is 3.77. The largest absolute Gasteiger partial charge is 0.475 e. The second-order valence-electron chi connectivity index (χ2n) is 4.53. The second kappa shape index (κ2) is 6.44. The number of furan rings is 1. The van der Waals surface area contributed by atoms with Gasteiger partial charge in [-0.25, -0.2) is 4.79 Å². The third-order valence-corrected chi connectivity index (χ3v) is 3.12. The molecule has 5 nitrogen and oxygen atoms in total. The van der Waals surface area contributed by atoms with Crippen molar-refractivity contribution in [3.63, 3.8) is 0 Å². The van der Waals surface area contributed by atoms with Crippen molar-refractivity contribution in [1.82, 2.24) is 0 Å². The highest BCUT2D eigenvalue weighted by atomic mass is 16.5. The van der Waals surface area contributed by atoms with Crippen molar-refractivity contribution in [1.29, 1.82) is 0 Å². The van der Waals surface area contributed by atoms with Crippen LogP contribution in [-0.2, 0) is 4.74 Å². The molecule has 1 heterocycles. The Kier molecular flexibility index (Phi) is 4.64. The molecule has 2 N–H and O–H groups in total. The first-order chi connectivity index (χ1) is 8.75. The number of rotatable bonds is 6. The fourth-order valence-electron chi connectivity index (χ4n) is 2.18. The predicted octanol–water partition coefficient (Wildman–Crippen LogP) is 2.74. The number of carboxylic acids is 1. The first-order valence-electron chi connectivity index (χ1n) is 6.44. The minimum atomic E-state index is -1.05. The van der Waals surface area contributed by atoms with Crippen LogP contribution < -0.4 is 5.32 Å². The van der Waals surface area contributed by atoms with Crippen LogP contribution in [0.4, 0.5) is 5.88 Å². The van der Waals surface area contributed by atoms with Crippen molar-refractivity contribution >= 4 is 11.9 Å². The number of aromatic carboxylic acids is 1. The van der Waals surface area contributed by atoms with Crippen LogP contribution in [-0.4, -0.2) is 30.3 Å². The molecule has 0 aliphatic heterocycles. The summed E-state index contributed by atoms with van der Waals surface area (Å²) in [7, 11) is 0. The maximum atomic E-state index is 10.6. The molecule has 1 saturated carbocycles. The molecule has 0 saturated heterocycles. The predicted molar refractivity (Wildman–Crippen MR) is 67.0 cm³/mol. The van der Waals surface area contributed by atoms with Crippen LogP contribution in [0, 0.1) is 0 Å². The zero-order valence-corrected chi connectivity index (χ0v) is 10.4. The Hall–Kier alpha value is -1.49. The van der Waals surface area contributed by atoms with Crippen LogP contribution in [0.3, 0.4) is 0 Å². The molecule has 0 radical (unpaired) electrons. The van der Waals surface area contributed by atoms with Gasteiger partial charge in [0.15, 0.2) is 5.88 Å². The zero-order valence-electron chi connectivity index (χ0n) is 10.4. The van der Waals surface area contributed by atoms with Gasteiger partial charge in [-0.1, -0.05) is 19.3 Å². The first kappa shape index (κ1) is 13.0. The fourth-order valence-corrected chi connectivity index (χ4v) is 2.18. The van der Waals surface area contributed by atoms with Gasteiger partial charge in [0.25, 0.3) is 0 Å². The lowest BCUT2D eigenvalue weighted by Gasteiger charge is -2.21. The van der Waals surface area contributed by atoms with Crippen molar-refractivity contribution < 1.29 is 19.1 Å². The quantitative estimate of drug-likeness (QED) is 0.763. The summed E-state index contributed by atoms with van der Waals surface area (Å²) in [5, 5.41) is 11.7. The van der Waals surface area contributed by atoms with E-state index in [0.717, 1.165) is 12.8 Å². The Morgan fingerprint density at radius 2 is 2.17 bits per heavy atom. The third-order valence-electron chi connectivity index (χ3n) is 3.12. The van der Waals surface area contributed by atoms with Gasteiger partial charge < -0.3 is 19.6 Å². The van der Waals surface area contributed by atoms with Gasteiger partial charge in [-0.15, -0.1) is 0 Å². The van der Waals surface area contributed by atoms with Crippen LogP contribution in [0.15, 0.2) is 16.5 Å². The van der Waals surface area contributed by atoms with E-state index < -0.39 is 5.97 Å².